The van der Waals surface area contributed by atoms with Crippen LogP contribution in [0.2, 0.25) is 0 Å². The predicted octanol–water partition coefficient (Wildman–Crippen LogP) is 3.80. The van der Waals surface area contributed by atoms with Crippen molar-refractivity contribution in [3.8, 4) is 0 Å². The maximum atomic E-state index is 12.9. The van der Waals surface area contributed by atoms with Gasteiger partial charge in [-0.15, -0.1) is 0 Å². The summed E-state index contributed by atoms with van der Waals surface area (Å²) in [6.07, 6.45) is -2.53. The van der Waals surface area contributed by atoms with E-state index in [1.54, 1.807) is 11.3 Å². The zero-order chi connectivity index (χ0) is 14.8. The number of hydrogen-bond donors (Lipinski definition) is 1. The van der Waals surface area contributed by atoms with E-state index < -0.39 is 12.1 Å². The Labute approximate surface area is 121 Å². The van der Waals surface area contributed by atoms with Crippen LogP contribution < -0.4 is 5.73 Å². The topological polar surface area (TPSA) is 29.3 Å². The average molecular weight is 306 g/mol. The van der Waals surface area contributed by atoms with Crippen molar-refractivity contribution in [3.63, 3.8) is 0 Å². The van der Waals surface area contributed by atoms with Crippen molar-refractivity contribution >= 4 is 11.3 Å². The Morgan fingerprint density at radius 1 is 1.50 bits per heavy atom. The molecule has 0 aromatic carbocycles. The van der Waals surface area contributed by atoms with Crippen molar-refractivity contribution in [2.75, 3.05) is 13.1 Å². The van der Waals surface area contributed by atoms with E-state index in [0.717, 1.165) is 12.0 Å². The van der Waals surface area contributed by atoms with Crippen LogP contribution in [0.15, 0.2) is 16.8 Å². The summed E-state index contributed by atoms with van der Waals surface area (Å²) < 4.78 is 38.8. The van der Waals surface area contributed by atoms with Gasteiger partial charge in [0.05, 0.1) is 12.0 Å². The molecule has 0 saturated carbocycles. The molecule has 1 aliphatic heterocycles. The fraction of sp³-hybridized carbons (Fsp3) is 0.714. The Balaban J connectivity index is 2.17. The number of alkyl halides is 3. The monoisotopic (exact) mass is 306 g/mol. The first-order chi connectivity index (χ1) is 9.43. The second kappa shape index (κ2) is 6.45. The quantitative estimate of drug-likeness (QED) is 0.917. The molecule has 2 nitrogen and oxygen atoms in total. The number of hydrogen-bond acceptors (Lipinski definition) is 3. The van der Waals surface area contributed by atoms with Gasteiger partial charge in [-0.2, -0.15) is 24.5 Å². The molecule has 2 rings (SSSR count). The number of nitrogens with two attached hydrogens (primary N) is 1. The summed E-state index contributed by atoms with van der Waals surface area (Å²) in [5.74, 6) is -1.22. The fourth-order valence-corrected chi connectivity index (χ4v) is 3.61. The Bertz CT molecular complexity index is 405. The van der Waals surface area contributed by atoms with E-state index in [2.05, 4.69) is 0 Å². The summed E-state index contributed by atoms with van der Waals surface area (Å²) in [6.45, 7) is 2.74. The van der Waals surface area contributed by atoms with Crippen LogP contribution >= 0.6 is 11.3 Å². The van der Waals surface area contributed by atoms with Crippen molar-refractivity contribution in [2.24, 2.45) is 11.7 Å². The molecule has 3 atom stereocenters. The summed E-state index contributed by atoms with van der Waals surface area (Å²) >= 11 is 1.56. The summed E-state index contributed by atoms with van der Waals surface area (Å²) in [4.78, 5) is 1.93. The Kier molecular flexibility index (Phi) is 5.09. The molecule has 0 aliphatic carbocycles. The van der Waals surface area contributed by atoms with Gasteiger partial charge in [0.1, 0.15) is 0 Å². The van der Waals surface area contributed by atoms with Crippen molar-refractivity contribution < 1.29 is 13.2 Å². The highest BCUT2D eigenvalue weighted by molar-refractivity contribution is 7.07. The molecule has 20 heavy (non-hydrogen) atoms. The molecule has 0 amide bonds. The van der Waals surface area contributed by atoms with E-state index in [1.807, 2.05) is 28.7 Å². The molecule has 0 spiro atoms. The summed E-state index contributed by atoms with van der Waals surface area (Å²) in [5.41, 5.74) is 7.22. The van der Waals surface area contributed by atoms with E-state index in [9.17, 15) is 13.2 Å². The number of thiophene rings is 1. The highest BCUT2D eigenvalue weighted by Gasteiger charge is 2.43. The van der Waals surface area contributed by atoms with E-state index in [-0.39, 0.29) is 25.0 Å². The van der Waals surface area contributed by atoms with Gasteiger partial charge in [-0.25, -0.2) is 0 Å². The molecule has 0 bridgehead atoms. The molecule has 0 radical (unpaired) electrons. The Morgan fingerprint density at radius 3 is 2.80 bits per heavy atom. The number of halogens is 3. The van der Waals surface area contributed by atoms with Gasteiger partial charge in [0.25, 0.3) is 0 Å². The van der Waals surface area contributed by atoms with Gasteiger partial charge in [0.15, 0.2) is 0 Å². The minimum Gasteiger partial charge on any atom is -0.326 e. The SMILES string of the molecule is CCC(N)C(c1ccsc1)N1CCCC(C(F)(F)F)C1. The first-order valence-electron chi connectivity index (χ1n) is 7.02. The molecule has 1 aromatic heterocycles. The van der Waals surface area contributed by atoms with Gasteiger partial charge in [-0.3, -0.25) is 4.90 Å². The van der Waals surface area contributed by atoms with Crippen LogP contribution in [-0.4, -0.2) is 30.2 Å². The van der Waals surface area contributed by atoms with Gasteiger partial charge in [0, 0.05) is 12.6 Å². The van der Waals surface area contributed by atoms with Crippen molar-refractivity contribution in [1.29, 1.82) is 0 Å². The molecule has 1 aromatic rings. The second-order valence-corrected chi connectivity index (χ2v) is 6.23. The molecular weight excluding hydrogens is 285 g/mol. The molecule has 1 saturated heterocycles. The smallest absolute Gasteiger partial charge is 0.326 e. The minimum absolute atomic E-state index is 0.0672. The van der Waals surface area contributed by atoms with Crippen LogP contribution in [0.1, 0.15) is 37.8 Å². The largest absolute Gasteiger partial charge is 0.393 e. The number of rotatable bonds is 4. The van der Waals surface area contributed by atoms with Crippen LogP contribution in [-0.2, 0) is 0 Å². The summed E-state index contributed by atoms with van der Waals surface area (Å²) in [6, 6.07) is 1.75. The van der Waals surface area contributed by atoms with E-state index in [0.29, 0.717) is 13.0 Å². The van der Waals surface area contributed by atoms with Crippen LogP contribution in [0, 0.1) is 5.92 Å². The number of piperidine rings is 1. The summed E-state index contributed by atoms with van der Waals surface area (Å²) in [5, 5.41) is 3.95. The minimum atomic E-state index is -4.10. The first kappa shape index (κ1) is 15.8. The predicted molar refractivity (Wildman–Crippen MR) is 75.7 cm³/mol. The summed E-state index contributed by atoms with van der Waals surface area (Å²) in [7, 11) is 0. The molecule has 114 valence electrons. The van der Waals surface area contributed by atoms with Gasteiger partial charge in [-0.1, -0.05) is 6.92 Å². The molecule has 1 fully saturated rings. The fourth-order valence-electron chi connectivity index (χ4n) is 2.92. The average Bonchev–Trinajstić information content (AvgIpc) is 2.92. The Morgan fingerprint density at radius 2 is 2.25 bits per heavy atom. The number of likely N-dealkylation sites (tertiary alicyclic amines) is 1. The molecular formula is C14H21F3N2S. The van der Waals surface area contributed by atoms with Crippen LogP contribution in [0.3, 0.4) is 0 Å². The molecule has 3 unspecified atom stereocenters. The van der Waals surface area contributed by atoms with Gasteiger partial charge in [-0.05, 0) is 48.2 Å². The molecule has 2 N–H and O–H groups in total. The lowest BCUT2D eigenvalue weighted by Gasteiger charge is -2.41. The highest BCUT2D eigenvalue weighted by Crippen LogP contribution is 2.37. The van der Waals surface area contributed by atoms with E-state index in [1.165, 1.54) is 0 Å². The lowest BCUT2D eigenvalue weighted by Crippen LogP contribution is -2.48. The van der Waals surface area contributed by atoms with Crippen molar-refractivity contribution in [3.05, 3.63) is 22.4 Å². The van der Waals surface area contributed by atoms with Gasteiger partial charge >= 0.3 is 6.18 Å². The molecule has 2 heterocycles. The number of nitrogens with zero attached hydrogens (tertiary/aromatic N) is 1. The zero-order valence-electron chi connectivity index (χ0n) is 11.6. The van der Waals surface area contributed by atoms with Gasteiger partial charge < -0.3 is 5.73 Å². The first-order valence-corrected chi connectivity index (χ1v) is 7.96. The van der Waals surface area contributed by atoms with Crippen LogP contribution in [0.4, 0.5) is 13.2 Å². The van der Waals surface area contributed by atoms with Gasteiger partial charge in [0.2, 0.25) is 0 Å². The van der Waals surface area contributed by atoms with Crippen LogP contribution in [0.25, 0.3) is 0 Å². The van der Waals surface area contributed by atoms with E-state index in [4.69, 9.17) is 5.73 Å². The maximum Gasteiger partial charge on any atom is 0.393 e. The highest BCUT2D eigenvalue weighted by atomic mass is 32.1. The Hall–Kier alpha value is -0.590. The third-order valence-corrected chi connectivity index (χ3v) is 4.77. The zero-order valence-corrected chi connectivity index (χ0v) is 12.4. The third kappa shape index (κ3) is 3.54. The standard InChI is InChI=1S/C14H21F3N2S/c1-2-12(18)13(10-5-7-20-9-10)19-6-3-4-11(8-19)14(15,16)17/h5,7,9,11-13H,2-4,6,8,18H2,1H3. The maximum absolute atomic E-state index is 12.9. The normalized spacial score (nSPS) is 24.6. The van der Waals surface area contributed by atoms with Crippen molar-refractivity contribution in [1.82, 2.24) is 4.90 Å². The van der Waals surface area contributed by atoms with E-state index >= 15 is 0 Å². The third-order valence-electron chi connectivity index (χ3n) is 4.07. The van der Waals surface area contributed by atoms with Crippen molar-refractivity contribution in [2.45, 2.75) is 44.4 Å². The van der Waals surface area contributed by atoms with Crippen LogP contribution in [0.5, 0.6) is 0 Å². The molecule has 1 aliphatic rings. The molecule has 6 heteroatoms. The second-order valence-electron chi connectivity index (χ2n) is 5.45. The lowest BCUT2D eigenvalue weighted by molar-refractivity contribution is -0.189. The lowest BCUT2D eigenvalue weighted by atomic mass is 9.91.